The standard InChI is InChI=1S/C9H6F2N6S2/c1-4-12-15-9(18-4)19-6-3-2-5-13-14-8(7(10)11)17(5)16-6/h2-3,7H,1H3. The Morgan fingerprint density at radius 1 is 1.21 bits per heavy atom. The van der Waals surface area contributed by atoms with Crippen LogP contribution in [0.1, 0.15) is 17.3 Å². The molecular weight excluding hydrogens is 294 g/mol. The lowest BCUT2D eigenvalue weighted by Gasteiger charge is -1.99. The van der Waals surface area contributed by atoms with Crippen molar-refractivity contribution in [3.05, 3.63) is 23.0 Å². The molecule has 98 valence electrons. The summed E-state index contributed by atoms with van der Waals surface area (Å²) in [5.74, 6) is -0.467. The molecule has 0 saturated carbocycles. The maximum Gasteiger partial charge on any atom is 0.299 e. The first-order valence-corrected chi connectivity index (χ1v) is 6.75. The van der Waals surface area contributed by atoms with Crippen molar-refractivity contribution in [3.63, 3.8) is 0 Å². The van der Waals surface area contributed by atoms with E-state index in [1.807, 2.05) is 6.92 Å². The Morgan fingerprint density at radius 2 is 2.05 bits per heavy atom. The normalized spacial score (nSPS) is 11.6. The molecule has 0 aliphatic carbocycles. The number of aromatic nitrogens is 6. The Labute approximate surface area is 113 Å². The maximum absolute atomic E-state index is 12.7. The van der Waals surface area contributed by atoms with E-state index in [-0.39, 0.29) is 5.65 Å². The average Bonchev–Trinajstić information content (AvgIpc) is 2.95. The van der Waals surface area contributed by atoms with Crippen molar-refractivity contribution in [2.24, 2.45) is 0 Å². The molecule has 6 nitrogen and oxygen atoms in total. The molecule has 0 spiro atoms. The van der Waals surface area contributed by atoms with Crippen molar-refractivity contribution in [3.8, 4) is 0 Å². The van der Waals surface area contributed by atoms with Crippen LogP contribution in [-0.2, 0) is 0 Å². The predicted molar refractivity (Wildman–Crippen MR) is 64.5 cm³/mol. The number of hydrogen-bond acceptors (Lipinski definition) is 7. The van der Waals surface area contributed by atoms with Gasteiger partial charge in [0.2, 0.25) is 5.82 Å². The van der Waals surface area contributed by atoms with E-state index in [1.54, 1.807) is 12.1 Å². The maximum atomic E-state index is 12.7. The molecule has 0 saturated heterocycles. The molecule has 19 heavy (non-hydrogen) atoms. The molecule has 0 atom stereocenters. The molecule has 3 aromatic rings. The minimum atomic E-state index is -2.72. The van der Waals surface area contributed by atoms with Crippen LogP contribution in [0.2, 0.25) is 0 Å². The first-order valence-electron chi connectivity index (χ1n) is 5.12. The molecule has 0 radical (unpaired) electrons. The summed E-state index contributed by atoms with van der Waals surface area (Å²) in [6, 6.07) is 3.27. The molecule has 0 amide bonds. The Balaban J connectivity index is 1.98. The molecule has 0 aliphatic heterocycles. The molecule has 3 rings (SSSR count). The number of hydrogen-bond donors (Lipinski definition) is 0. The number of nitrogens with zero attached hydrogens (tertiary/aromatic N) is 6. The predicted octanol–water partition coefficient (Wildman–Crippen LogP) is 2.37. The number of rotatable bonds is 3. The SMILES string of the molecule is Cc1nnc(Sc2ccc3nnc(C(F)F)n3n2)s1. The Bertz CT molecular complexity index is 724. The summed E-state index contributed by atoms with van der Waals surface area (Å²) < 4.78 is 27.2. The summed E-state index contributed by atoms with van der Waals surface area (Å²) >= 11 is 2.67. The summed E-state index contributed by atoms with van der Waals surface area (Å²) in [4.78, 5) is 0. The average molecular weight is 300 g/mol. The lowest BCUT2D eigenvalue weighted by Crippen LogP contribution is -2.00. The van der Waals surface area contributed by atoms with Crippen molar-refractivity contribution >= 4 is 28.7 Å². The fourth-order valence-corrected chi connectivity index (χ4v) is 3.11. The molecule has 10 heteroatoms. The van der Waals surface area contributed by atoms with Gasteiger partial charge in [0.05, 0.1) is 0 Å². The Hall–Kier alpha value is -1.68. The first-order chi connectivity index (χ1) is 9.13. The highest BCUT2D eigenvalue weighted by atomic mass is 32.2. The Kier molecular flexibility index (Phi) is 3.11. The number of aryl methyl sites for hydroxylation is 1. The summed E-state index contributed by atoms with van der Waals surface area (Å²) in [5, 5.41) is 20.3. The van der Waals surface area contributed by atoms with E-state index in [2.05, 4.69) is 25.5 Å². The van der Waals surface area contributed by atoms with Gasteiger partial charge in [-0.1, -0.05) is 11.3 Å². The van der Waals surface area contributed by atoms with Gasteiger partial charge in [0.1, 0.15) is 10.0 Å². The second-order valence-corrected chi connectivity index (χ2v) is 5.94. The third kappa shape index (κ3) is 2.40. The second-order valence-electron chi connectivity index (χ2n) is 3.49. The number of halogens is 2. The van der Waals surface area contributed by atoms with Crippen molar-refractivity contribution in [2.75, 3.05) is 0 Å². The molecule has 0 aromatic carbocycles. The quantitative estimate of drug-likeness (QED) is 0.739. The minimum absolute atomic E-state index is 0.285. The zero-order valence-corrected chi connectivity index (χ0v) is 11.1. The van der Waals surface area contributed by atoms with Crippen LogP contribution in [0.3, 0.4) is 0 Å². The fourth-order valence-electron chi connectivity index (χ4n) is 1.39. The largest absolute Gasteiger partial charge is 0.299 e. The van der Waals surface area contributed by atoms with E-state index in [9.17, 15) is 8.78 Å². The van der Waals surface area contributed by atoms with Gasteiger partial charge in [0.15, 0.2) is 9.99 Å². The molecule has 3 heterocycles. The summed E-state index contributed by atoms with van der Waals surface area (Å²) in [6.07, 6.45) is -2.72. The van der Waals surface area contributed by atoms with Crippen LogP contribution in [0, 0.1) is 6.92 Å². The van der Waals surface area contributed by atoms with E-state index in [0.29, 0.717) is 9.37 Å². The summed E-state index contributed by atoms with van der Waals surface area (Å²) in [7, 11) is 0. The van der Waals surface area contributed by atoms with Gasteiger partial charge in [-0.25, -0.2) is 8.78 Å². The zero-order valence-electron chi connectivity index (χ0n) is 9.49. The van der Waals surface area contributed by atoms with Gasteiger partial charge in [-0.2, -0.15) is 9.61 Å². The highest BCUT2D eigenvalue weighted by molar-refractivity contribution is 8.01. The Morgan fingerprint density at radius 3 is 2.74 bits per heavy atom. The van der Waals surface area contributed by atoms with Crippen molar-refractivity contribution in [1.29, 1.82) is 0 Å². The lowest BCUT2D eigenvalue weighted by atomic mass is 10.5. The van der Waals surface area contributed by atoms with Crippen LogP contribution in [0.4, 0.5) is 8.78 Å². The van der Waals surface area contributed by atoms with Gasteiger partial charge in [0, 0.05) is 0 Å². The molecule has 0 N–H and O–H groups in total. The minimum Gasteiger partial charge on any atom is -0.201 e. The summed E-state index contributed by atoms with van der Waals surface area (Å²) in [6.45, 7) is 1.84. The molecule has 0 bridgehead atoms. The third-order valence-electron chi connectivity index (χ3n) is 2.16. The van der Waals surface area contributed by atoms with Crippen LogP contribution in [0.5, 0.6) is 0 Å². The first kappa shape index (κ1) is 12.4. The monoisotopic (exact) mass is 300 g/mol. The van der Waals surface area contributed by atoms with Gasteiger partial charge in [0.25, 0.3) is 6.43 Å². The van der Waals surface area contributed by atoms with E-state index in [0.717, 1.165) is 9.52 Å². The van der Waals surface area contributed by atoms with Crippen LogP contribution in [-0.4, -0.2) is 30.0 Å². The summed E-state index contributed by atoms with van der Waals surface area (Å²) in [5.41, 5.74) is 0.285. The zero-order chi connectivity index (χ0) is 13.4. The lowest BCUT2D eigenvalue weighted by molar-refractivity contribution is 0.137. The molecule has 0 aliphatic rings. The second kappa shape index (κ2) is 4.78. The van der Waals surface area contributed by atoms with Crippen LogP contribution >= 0.6 is 23.1 Å². The van der Waals surface area contributed by atoms with E-state index in [1.165, 1.54) is 23.1 Å². The van der Waals surface area contributed by atoms with Crippen LogP contribution in [0.25, 0.3) is 5.65 Å². The third-order valence-corrected chi connectivity index (χ3v) is 3.97. The fraction of sp³-hybridized carbons (Fsp3) is 0.222. The van der Waals surface area contributed by atoms with Crippen LogP contribution in [0.15, 0.2) is 21.5 Å². The molecule has 0 fully saturated rings. The van der Waals surface area contributed by atoms with Crippen molar-refractivity contribution in [1.82, 2.24) is 30.0 Å². The van der Waals surface area contributed by atoms with Crippen LogP contribution < -0.4 is 0 Å². The van der Waals surface area contributed by atoms with Gasteiger partial charge >= 0.3 is 0 Å². The highest BCUT2D eigenvalue weighted by Gasteiger charge is 2.17. The van der Waals surface area contributed by atoms with E-state index >= 15 is 0 Å². The number of alkyl halides is 2. The van der Waals surface area contributed by atoms with Gasteiger partial charge in [-0.3, -0.25) is 0 Å². The molecule has 3 aromatic heterocycles. The number of fused-ring (bicyclic) bond motifs is 1. The van der Waals surface area contributed by atoms with Gasteiger partial charge < -0.3 is 0 Å². The smallest absolute Gasteiger partial charge is 0.201 e. The topological polar surface area (TPSA) is 68.9 Å². The van der Waals surface area contributed by atoms with Crippen molar-refractivity contribution < 1.29 is 8.78 Å². The highest BCUT2D eigenvalue weighted by Crippen LogP contribution is 2.28. The van der Waals surface area contributed by atoms with Gasteiger partial charge in [-0.15, -0.1) is 20.4 Å². The van der Waals surface area contributed by atoms with Gasteiger partial charge in [-0.05, 0) is 30.8 Å². The van der Waals surface area contributed by atoms with E-state index < -0.39 is 12.2 Å². The van der Waals surface area contributed by atoms with Crippen molar-refractivity contribution in [2.45, 2.75) is 22.7 Å². The molecule has 0 unspecified atom stereocenters. The van der Waals surface area contributed by atoms with E-state index in [4.69, 9.17) is 0 Å². The molecular formula is C9H6F2N6S2.